The Morgan fingerprint density at radius 2 is 1.88 bits per heavy atom. The van der Waals surface area contributed by atoms with Gasteiger partial charge in [0.15, 0.2) is 0 Å². The molecule has 0 unspecified atom stereocenters. The molecule has 0 radical (unpaired) electrons. The Labute approximate surface area is 141 Å². The highest BCUT2D eigenvalue weighted by Gasteiger charge is 2.23. The molecule has 1 N–H and O–H groups in total. The lowest BCUT2D eigenvalue weighted by molar-refractivity contribution is -0.128. The van der Waals surface area contributed by atoms with Gasteiger partial charge in [0.2, 0.25) is 17.7 Å². The van der Waals surface area contributed by atoms with E-state index in [0.29, 0.717) is 25.8 Å². The fraction of sp³-hybridized carbons (Fsp3) is 0.500. The molecule has 3 amide bonds. The molecule has 2 fully saturated rings. The summed E-state index contributed by atoms with van der Waals surface area (Å²) in [4.78, 5) is 39.0. The van der Waals surface area contributed by atoms with Crippen LogP contribution in [0.3, 0.4) is 0 Å². The summed E-state index contributed by atoms with van der Waals surface area (Å²) in [7, 11) is 0. The first-order valence-electron chi connectivity index (χ1n) is 8.53. The zero-order valence-corrected chi connectivity index (χ0v) is 14.0. The van der Waals surface area contributed by atoms with Crippen LogP contribution in [0.5, 0.6) is 0 Å². The van der Waals surface area contributed by atoms with Crippen molar-refractivity contribution in [2.45, 2.75) is 39.0 Å². The third-order valence-electron chi connectivity index (χ3n) is 4.62. The molecule has 2 aliphatic heterocycles. The summed E-state index contributed by atoms with van der Waals surface area (Å²) in [5, 5.41) is 2.87. The van der Waals surface area contributed by atoms with Crippen LogP contribution >= 0.6 is 0 Å². The third-order valence-corrected chi connectivity index (χ3v) is 4.62. The van der Waals surface area contributed by atoms with Crippen molar-refractivity contribution in [3.8, 4) is 0 Å². The smallest absolute Gasteiger partial charge is 0.227 e. The van der Waals surface area contributed by atoms with Gasteiger partial charge in [-0.05, 0) is 43.5 Å². The van der Waals surface area contributed by atoms with Gasteiger partial charge in [0.1, 0.15) is 0 Å². The molecule has 6 nitrogen and oxygen atoms in total. The summed E-state index contributed by atoms with van der Waals surface area (Å²) in [6.07, 6.45) is 3.28. The summed E-state index contributed by atoms with van der Waals surface area (Å²) in [5.74, 6) is 0.197. The molecule has 1 aromatic rings. The van der Waals surface area contributed by atoms with E-state index in [0.717, 1.165) is 42.9 Å². The SMILES string of the molecule is Cc1cc(NC(=O)CCN2CCCC2=O)ccc1N1CCCC1=O. The van der Waals surface area contributed by atoms with Crippen molar-refractivity contribution in [2.75, 3.05) is 29.9 Å². The molecule has 3 rings (SSSR count). The Morgan fingerprint density at radius 1 is 1.12 bits per heavy atom. The molecule has 0 spiro atoms. The molecule has 0 aromatic heterocycles. The topological polar surface area (TPSA) is 69.7 Å². The Morgan fingerprint density at radius 3 is 2.50 bits per heavy atom. The highest BCUT2D eigenvalue weighted by atomic mass is 16.2. The van der Waals surface area contributed by atoms with Crippen molar-refractivity contribution >= 4 is 29.1 Å². The van der Waals surface area contributed by atoms with E-state index in [-0.39, 0.29) is 17.7 Å². The first kappa shape index (κ1) is 16.5. The average molecular weight is 329 g/mol. The lowest BCUT2D eigenvalue weighted by Gasteiger charge is -2.19. The summed E-state index contributed by atoms with van der Waals surface area (Å²) in [5.41, 5.74) is 2.61. The molecule has 0 saturated carbocycles. The monoisotopic (exact) mass is 329 g/mol. The Hall–Kier alpha value is -2.37. The number of nitrogens with one attached hydrogen (secondary N) is 1. The van der Waals surface area contributed by atoms with Crippen molar-refractivity contribution in [1.29, 1.82) is 0 Å². The molecule has 6 heteroatoms. The van der Waals surface area contributed by atoms with Crippen molar-refractivity contribution < 1.29 is 14.4 Å². The molecule has 24 heavy (non-hydrogen) atoms. The average Bonchev–Trinajstić information content (AvgIpc) is 3.14. The van der Waals surface area contributed by atoms with Gasteiger partial charge in [-0.1, -0.05) is 0 Å². The quantitative estimate of drug-likeness (QED) is 0.899. The lowest BCUT2D eigenvalue weighted by atomic mass is 10.1. The number of hydrogen-bond donors (Lipinski definition) is 1. The largest absolute Gasteiger partial charge is 0.342 e. The van der Waals surface area contributed by atoms with Crippen molar-refractivity contribution in [3.05, 3.63) is 23.8 Å². The van der Waals surface area contributed by atoms with Gasteiger partial charge in [-0.2, -0.15) is 0 Å². The minimum absolute atomic E-state index is 0.0981. The van der Waals surface area contributed by atoms with Crippen LogP contribution in [0.4, 0.5) is 11.4 Å². The zero-order chi connectivity index (χ0) is 17.1. The van der Waals surface area contributed by atoms with Crippen LogP contribution in [0.15, 0.2) is 18.2 Å². The number of likely N-dealkylation sites (tertiary alicyclic amines) is 1. The van der Waals surface area contributed by atoms with E-state index in [2.05, 4.69) is 5.32 Å². The fourth-order valence-corrected chi connectivity index (χ4v) is 3.34. The van der Waals surface area contributed by atoms with Gasteiger partial charge >= 0.3 is 0 Å². The molecule has 2 saturated heterocycles. The van der Waals surface area contributed by atoms with E-state index in [1.165, 1.54) is 0 Å². The lowest BCUT2D eigenvalue weighted by Crippen LogP contribution is -2.28. The molecular formula is C18H23N3O3. The van der Waals surface area contributed by atoms with Crippen LogP contribution in [-0.4, -0.2) is 42.3 Å². The van der Waals surface area contributed by atoms with E-state index in [1.54, 1.807) is 9.80 Å². The highest BCUT2D eigenvalue weighted by Crippen LogP contribution is 2.27. The van der Waals surface area contributed by atoms with Gasteiger partial charge in [-0.3, -0.25) is 14.4 Å². The maximum atomic E-state index is 12.1. The number of carbonyl (C=O) groups excluding carboxylic acids is 3. The van der Waals surface area contributed by atoms with E-state index in [1.807, 2.05) is 25.1 Å². The van der Waals surface area contributed by atoms with Crippen LogP contribution in [-0.2, 0) is 14.4 Å². The number of carbonyl (C=O) groups is 3. The summed E-state index contributed by atoms with van der Waals surface area (Å²) >= 11 is 0. The van der Waals surface area contributed by atoms with Crippen molar-refractivity contribution in [2.24, 2.45) is 0 Å². The second-order valence-electron chi connectivity index (χ2n) is 6.43. The summed E-state index contributed by atoms with van der Waals surface area (Å²) in [6, 6.07) is 5.60. The second kappa shape index (κ2) is 7.03. The molecule has 0 atom stereocenters. The molecule has 0 bridgehead atoms. The summed E-state index contributed by atoms with van der Waals surface area (Å²) < 4.78 is 0. The number of aryl methyl sites for hydroxylation is 1. The van der Waals surface area contributed by atoms with Gasteiger partial charge in [-0.25, -0.2) is 0 Å². The molecule has 2 heterocycles. The zero-order valence-electron chi connectivity index (χ0n) is 14.0. The molecule has 0 aliphatic carbocycles. The van der Waals surface area contributed by atoms with Crippen LogP contribution in [0.1, 0.15) is 37.7 Å². The minimum Gasteiger partial charge on any atom is -0.342 e. The Balaban J connectivity index is 1.57. The third kappa shape index (κ3) is 3.58. The van der Waals surface area contributed by atoms with Gasteiger partial charge in [0.25, 0.3) is 0 Å². The first-order chi connectivity index (χ1) is 11.5. The predicted molar refractivity (Wildman–Crippen MR) is 91.8 cm³/mol. The second-order valence-corrected chi connectivity index (χ2v) is 6.43. The molecular weight excluding hydrogens is 306 g/mol. The summed E-state index contributed by atoms with van der Waals surface area (Å²) in [6.45, 7) is 3.93. The number of nitrogens with zero attached hydrogens (tertiary/aromatic N) is 2. The van der Waals surface area contributed by atoms with E-state index < -0.39 is 0 Å². The van der Waals surface area contributed by atoms with Gasteiger partial charge in [0, 0.05) is 50.3 Å². The van der Waals surface area contributed by atoms with Crippen LogP contribution in [0, 0.1) is 6.92 Å². The molecule has 128 valence electrons. The predicted octanol–water partition coefficient (Wildman–Crippen LogP) is 2.07. The van der Waals surface area contributed by atoms with E-state index >= 15 is 0 Å². The van der Waals surface area contributed by atoms with Crippen molar-refractivity contribution in [1.82, 2.24) is 4.90 Å². The minimum atomic E-state index is -0.0981. The normalized spacial score (nSPS) is 17.7. The van der Waals surface area contributed by atoms with Crippen LogP contribution in [0.2, 0.25) is 0 Å². The van der Waals surface area contributed by atoms with Gasteiger partial charge in [0.05, 0.1) is 0 Å². The van der Waals surface area contributed by atoms with Crippen LogP contribution < -0.4 is 10.2 Å². The van der Waals surface area contributed by atoms with Gasteiger partial charge < -0.3 is 15.1 Å². The van der Waals surface area contributed by atoms with E-state index in [9.17, 15) is 14.4 Å². The number of benzene rings is 1. The molecule has 2 aliphatic rings. The Bertz CT molecular complexity index is 671. The van der Waals surface area contributed by atoms with E-state index in [4.69, 9.17) is 0 Å². The number of anilines is 2. The number of rotatable bonds is 5. The number of amides is 3. The Kier molecular flexibility index (Phi) is 4.83. The number of hydrogen-bond acceptors (Lipinski definition) is 3. The highest BCUT2D eigenvalue weighted by molar-refractivity contribution is 5.97. The van der Waals surface area contributed by atoms with Gasteiger partial charge in [-0.15, -0.1) is 0 Å². The standard InChI is InChI=1S/C18H23N3O3/c1-13-12-14(6-7-15(13)21-10-3-5-18(21)24)19-16(22)8-11-20-9-2-4-17(20)23/h6-7,12H,2-5,8-11H2,1H3,(H,19,22). The van der Waals surface area contributed by atoms with Crippen molar-refractivity contribution in [3.63, 3.8) is 0 Å². The maximum Gasteiger partial charge on any atom is 0.227 e. The maximum absolute atomic E-state index is 12.1. The first-order valence-corrected chi connectivity index (χ1v) is 8.53. The fourth-order valence-electron chi connectivity index (χ4n) is 3.34. The van der Waals surface area contributed by atoms with Crippen LogP contribution in [0.25, 0.3) is 0 Å². The molecule has 1 aromatic carbocycles.